The van der Waals surface area contributed by atoms with E-state index in [-0.39, 0.29) is 22.3 Å². The molecule has 1 aromatic heterocycles. The van der Waals surface area contributed by atoms with E-state index >= 15 is 0 Å². The van der Waals surface area contributed by atoms with Gasteiger partial charge in [-0.3, -0.25) is 0 Å². The molecule has 3 atom stereocenters. The van der Waals surface area contributed by atoms with Crippen LogP contribution in [0.4, 0.5) is 0 Å². The lowest BCUT2D eigenvalue weighted by molar-refractivity contribution is -0.0728. The molecule has 1 heterocycles. The van der Waals surface area contributed by atoms with Crippen molar-refractivity contribution in [3.8, 4) is 0 Å². The highest BCUT2D eigenvalue weighted by Crippen LogP contribution is 2.76. The van der Waals surface area contributed by atoms with Gasteiger partial charge in [0.2, 0.25) is 0 Å². The lowest BCUT2D eigenvalue weighted by atomic mass is 9.66. The molecule has 2 bridgehead atoms. The Kier molecular flexibility index (Phi) is 2.50. The Morgan fingerprint density at radius 3 is 2.65 bits per heavy atom. The van der Waals surface area contributed by atoms with Crippen molar-refractivity contribution >= 4 is 0 Å². The third kappa shape index (κ3) is 1.28. The molecule has 110 valence electrons. The molecule has 3 fully saturated rings. The van der Waals surface area contributed by atoms with Crippen LogP contribution in [0.2, 0.25) is 0 Å². The van der Waals surface area contributed by atoms with E-state index in [2.05, 4.69) is 23.4 Å². The van der Waals surface area contributed by atoms with E-state index < -0.39 is 0 Å². The fourth-order valence-corrected chi connectivity index (χ4v) is 6.40. The topological polar surface area (TPSA) is 38.0 Å². The highest BCUT2D eigenvalue weighted by Gasteiger charge is 2.73. The number of hydrogen-bond acceptors (Lipinski definition) is 2. The highest BCUT2D eigenvalue weighted by atomic mass is 16.3. The fourth-order valence-electron chi connectivity index (χ4n) is 6.40. The van der Waals surface area contributed by atoms with Crippen LogP contribution in [0.1, 0.15) is 52.4 Å². The van der Waals surface area contributed by atoms with Crippen molar-refractivity contribution in [2.75, 3.05) is 0 Å². The number of aromatic nitrogens is 2. The Labute approximate surface area is 121 Å². The van der Waals surface area contributed by atoms with Gasteiger partial charge in [-0.15, -0.1) is 0 Å². The van der Waals surface area contributed by atoms with Crippen molar-refractivity contribution < 1.29 is 5.11 Å². The molecule has 3 heteroatoms. The van der Waals surface area contributed by atoms with Crippen molar-refractivity contribution in [2.24, 2.45) is 22.2 Å². The van der Waals surface area contributed by atoms with Crippen molar-refractivity contribution in [3.63, 3.8) is 0 Å². The molecular formula is C17H26N2O. The van der Waals surface area contributed by atoms with E-state index in [0.29, 0.717) is 5.92 Å². The standard InChI is InChI=1S/C17H26N2O/c1-15(2)13-5-8-17(15,11-19-10-9-18-12-19)14(20)16(13)6-3-4-7-16/h9-10,12-14,20H,3-8,11H2,1-2H3/t13?,14-,17?/m1/s1. The number of aliphatic hydroxyl groups excluding tert-OH is 1. The maximum absolute atomic E-state index is 11.3. The van der Waals surface area contributed by atoms with E-state index in [1.807, 2.05) is 18.7 Å². The zero-order chi connectivity index (χ0) is 14.0. The zero-order valence-electron chi connectivity index (χ0n) is 12.7. The Morgan fingerprint density at radius 2 is 2.00 bits per heavy atom. The van der Waals surface area contributed by atoms with Crippen molar-refractivity contribution in [2.45, 2.75) is 65.0 Å². The second kappa shape index (κ2) is 3.88. The molecule has 1 spiro atoms. The van der Waals surface area contributed by atoms with E-state index in [1.165, 1.54) is 38.5 Å². The van der Waals surface area contributed by atoms with E-state index in [0.717, 1.165) is 6.54 Å². The van der Waals surface area contributed by atoms with Crippen molar-refractivity contribution in [1.29, 1.82) is 0 Å². The van der Waals surface area contributed by atoms with Crippen LogP contribution in [-0.2, 0) is 6.54 Å². The van der Waals surface area contributed by atoms with Gasteiger partial charge in [-0.2, -0.15) is 0 Å². The van der Waals surface area contributed by atoms with Crippen LogP contribution >= 0.6 is 0 Å². The summed E-state index contributed by atoms with van der Waals surface area (Å²) in [6.45, 7) is 5.76. The second-order valence-corrected chi connectivity index (χ2v) is 8.05. The van der Waals surface area contributed by atoms with Gasteiger partial charge in [0, 0.05) is 29.8 Å². The molecule has 4 rings (SSSR count). The third-order valence-electron chi connectivity index (χ3n) is 7.35. The summed E-state index contributed by atoms with van der Waals surface area (Å²) in [6, 6.07) is 0. The molecule has 1 N–H and O–H groups in total. The molecule has 0 amide bonds. The number of hydrogen-bond donors (Lipinski definition) is 1. The summed E-state index contributed by atoms with van der Waals surface area (Å²) in [5, 5.41) is 11.3. The molecule has 1 aromatic rings. The molecule has 0 saturated heterocycles. The summed E-state index contributed by atoms with van der Waals surface area (Å²) in [4.78, 5) is 4.19. The summed E-state index contributed by atoms with van der Waals surface area (Å²) in [6.07, 6.45) is 13.3. The predicted molar refractivity (Wildman–Crippen MR) is 78.1 cm³/mol. The lowest BCUT2D eigenvalue weighted by Gasteiger charge is -2.44. The van der Waals surface area contributed by atoms with Crippen molar-refractivity contribution in [3.05, 3.63) is 18.7 Å². The Morgan fingerprint density at radius 1 is 1.25 bits per heavy atom. The van der Waals surface area contributed by atoms with Crippen LogP contribution in [0.3, 0.4) is 0 Å². The first-order valence-electron chi connectivity index (χ1n) is 8.17. The molecule has 3 aliphatic rings. The quantitative estimate of drug-likeness (QED) is 0.899. The Hall–Kier alpha value is -0.830. The molecule has 3 aliphatic carbocycles. The molecule has 0 radical (unpaired) electrons. The van der Waals surface area contributed by atoms with Gasteiger partial charge in [0.1, 0.15) is 0 Å². The first-order valence-corrected chi connectivity index (χ1v) is 8.17. The second-order valence-electron chi connectivity index (χ2n) is 8.05. The van der Waals surface area contributed by atoms with Gasteiger partial charge in [0.25, 0.3) is 0 Å². The number of fused-ring (bicyclic) bond motifs is 3. The average molecular weight is 274 g/mol. The van der Waals surface area contributed by atoms with Gasteiger partial charge < -0.3 is 9.67 Å². The molecule has 0 aliphatic heterocycles. The van der Waals surface area contributed by atoms with Crippen LogP contribution in [0.5, 0.6) is 0 Å². The first kappa shape index (κ1) is 12.9. The summed E-state index contributed by atoms with van der Waals surface area (Å²) in [5.41, 5.74) is 0.506. The number of nitrogens with zero attached hydrogens (tertiary/aromatic N) is 2. The van der Waals surface area contributed by atoms with E-state index in [4.69, 9.17) is 0 Å². The number of aliphatic hydroxyl groups is 1. The normalized spacial score (nSPS) is 40.8. The smallest absolute Gasteiger partial charge is 0.0946 e. The Bertz CT molecular complexity index is 501. The molecular weight excluding hydrogens is 248 g/mol. The van der Waals surface area contributed by atoms with Gasteiger partial charge in [-0.05, 0) is 37.0 Å². The molecule has 0 aromatic carbocycles. The average Bonchev–Trinajstić information content (AvgIpc) is 3.12. The summed E-state index contributed by atoms with van der Waals surface area (Å²) in [5.74, 6) is 0.705. The number of imidazole rings is 1. The Balaban J connectivity index is 1.78. The fraction of sp³-hybridized carbons (Fsp3) is 0.824. The van der Waals surface area contributed by atoms with Gasteiger partial charge in [-0.1, -0.05) is 26.7 Å². The van der Waals surface area contributed by atoms with Gasteiger partial charge in [0.05, 0.1) is 12.4 Å². The lowest BCUT2D eigenvalue weighted by Crippen LogP contribution is -2.47. The van der Waals surface area contributed by atoms with Crippen LogP contribution < -0.4 is 0 Å². The van der Waals surface area contributed by atoms with E-state index in [1.54, 1.807) is 0 Å². The largest absolute Gasteiger partial charge is 0.392 e. The van der Waals surface area contributed by atoms with E-state index in [9.17, 15) is 5.11 Å². The summed E-state index contributed by atoms with van der Waals surface area (Å²) >= 11 is 0. The maximum Gasteiger partial charge on any atom is 0.0946 e. The minimum Gasteiger partial charge on any atom is -0.392 e. The van der Waals surface area contributed by atoms with Gasteiger partial charge in [-0.25, -0.2) is 4.98 Å². The summed E-state index contributed by atoms with van der Waals surface area (Å²) in [7, 11) is 0. The monoisotopic (exact) mass is 274 g/mol. The third-order valence-corrected chi connectivity index (χ3v) is 7.35. The maximum atomic E-state index is 11.3. The molecule has 3 nitrogen and oxygen atoms in total. The van der Waals surface area contributed by atoms with Crippen LogP contribution in [0.15, 0.2) is 18.7 Å². The zero-order valence-corrected chi connectivity index (χ0v) is 12.7. The minimum absolute atomic E-state index is 0.0444. The van der Waals surface area contributed by atoms with Gasteiger partial charge >= 0.3 is 0 Å². The molecule has 3 saturated carbocycles. The number of rotatable bonds is 2. The van der Waals surface area contributed by atoms with Gasteiger partial charge in [0.15, 0.2) is 0 Å². The van der Waals surface area contributed by atoms with Crippen LogP contribution in [0, 0.1) is 22.2 Å². The SMILES string of the molecule is CC1(C)C2CCC1(Cn1ccnc1)[C@H](O)C21CCCC1. The first-order chi connectivity index (χ1) is 9.53. The summed E-state index contributed by atoms with van der Waals surface area (Å²) < 4.78 is 2.18. The molecule has 2 unspecified atom stereocenters. The molecule has 20 heavy (non-hydrogen) atoms. The van der Waals surface area contributed by atoms with Crippen LogP contribution in [-0.4, -0.2) is 20.8 Å². The van der Waals surface area contributed by atoms with Crippen LogP contribution in [0.25, 0.3) is 0 Å². The minimum atomic E-state index is -0.131. The predicted octanol–water partition coefficient (Wildman–Crippen LogP) is 3.24. The van der Waals surface area contributed by atoms with Crippen molar-refractivity contribution in [1.82, 2.24) is 9.55 Å². The highest BCUT2D eigenvalue weighted by molar-refractivity contribution is 5.22.